The van der Waals surface area contributed by atoms with Crippen molar-refractivity contribution in [2.75, 3.05) is 0 Å². The van der Waals surface area contributed by atoms with Crippen molar-refractivity contribution in [2.24, 2.45) is 0 Å². The summed E-state index contributed by atoms with van der Waals surface area (Å²) in [6.07, 6.45) is 0.0155. The van der Waals surface area contributed by atoms with Crippen LogP contribution in [0.3, 0.4) is 0 Å². The van der Waals surface area contributed by atoms with Crippen molar-refractivity contribution in [3.05, 3.63) is 96.4 Å². The molecule has 0 aliphatic heterocycles. The molecular weight excluding hydrogens is 421 g/mol. The van der Waals surface area contributed by atoms with Crippen LogP contribution in [0.25, 0.3) is 16.9 Å². The van der Waals surface area contributed by atoms with Gasteiger partial charge in [-0.2, -0.15) is 5.10 Å². The Balaban J connectivity index is 1.41. The number of hydrogen-bond acceptors (Lipinski definition) is 4. The number of benzene rings is 2. The van der Waals surface area contributed by atoms with Crippen molar-refractivity contribution >= 4 is 5.91 Å². The smallest absolute Gasteiger partial charge is 0.406 e. The number of carbonyl (C=O) groups excluding carboxylic acids is 1. The van der Waals surface area contributed by atoms with Gasteiger partial charge in [-0.05, 0) is 42.0 Å². The SMILES string of the molecule is O=C(NCc1ccccc1)c1ccc(-c2cnn(-c3ccc(OC(F)(F)F)cc3)c2)nc1. The quantitative estimate of drug-likeness (QED) is 0.471. The Morgan fingerprint density at radius 2 is 1.72 bits per heavy atom. The summed E-state index contributed by atoms with van der Waals surface area (Å²) < 4.78 is 42.2. The van der Waals surface area contributed by atoms with Gasteiger partial charge in [0.25, 0.3) is 5.91 Å². The molecule has 4 rings (SSSR count). The molecule has 0 saturated heterocycles. The van der Waals surface area contributed by atoms with Gasteiger partial charge in [0.1, 0.15) is 5.75 Å². The summed E-state index contributed by atoms with van der Waals surface area (Å²) in [6, 6.07) is 18.3. The average Bonchev–Trinajstić information content (AvgIpc) is 3.28. The van der Waals surface area contributed by atoms with E-state index in [2.05, 4.69) is 20.1 Å². The summed E-state index contributed by atoms with van der Waals surface area (Å²) in [4.78, 5) is 16.6. The molecule has 6 nitrogen and oxygen atoms in total. The molecule has 1 amide bonds. The van der Waals surface area contributed by atoms with Crippen LogP contribution >= 0.6 is 0 Å². The number of hydrogen-bond donors (Lipinski definition) is 1. The number of aromatic nitrogens is 3. The third kappa shape index (κ3) is 5.31. The molecule has 2 aromatic heterocycles. The molecule has 0 saturated carbocycles. The van der Waals surface area contributed by atoms with Crippen LogP contribution in [-0.4, -0.2) is 27.0 Å². The molecule has 0 atom stereocenters. The topological polar surface area (TPSA) is 69.0 Å². The second-order valence-electron chi connectivity index (χ2n) is 6.82. The number of pyridine rings is 1. The Hall–Kier alpha value is -4.14. The Morgan fingerprint density at radius 1 is 0.969 bits per heavy atom. The molecule has 1 N–H and O–H groups in total. The van der Waals surface area contributed by atoms with Gasteiger partial charge in [0, 0.05) is 24.5 Å². The molecule has 162 valence electrons. The van der Waals surface area contributed by atoms with Crippen LogP contribution in [0.5, 0.6) is 5.75 Å². The molecule has 0 aliphatic carbocycles. The zero-order valence-corrected chi connectivity index (χ0v) is 16.6. The van der Waals surface area contributed by atoms with Gasteiger partial charge >= 0.3 is 6.36 Å². The van der Waals surface area contributed by atoms with E-state index in [0.717, 1.165) is 5.56 Å². The lowest BCUT2D eigenvalue weighted by molar-refractivity contribution is -0.274. The minimum Gasteiger partial charge on any atom is -0.406 e. The van der Waals surface area contributed by atoms with Crippen LogP contribution in [0.1, 0.15) is 15.9 Å². The normalized spacial score (nSPS) is 11.2. The van der Waals surface area contributed by atoms with Gasteiger partial charge in [-0.1, -0.05) is 30.3 Å². The Kier molecular flexibility index (Phi) is 5.89. The van der Waals surface area contributed by atoms with E-state index in [9.17, 15) is 18.0 Å². The first-order chi connectivity index (χ1) is 15.4. The monoisotopic (exact) mass is 438 g/mol. The predicted molar refractivity (Wildman–Crippen MR) is 111 cm³/mol. The maximum Gasteiger partial charge on any atom is 0.573 e. The number of nitrogens with zero attached hydrogens (tertiary/aromatic N) is 3. The summed E-state index contributed by atoms with van der Waals surface area (Å²) in [7, 11) is 0. The van der Waals surface area contributed by atoms with Crippen molar-refractivity contribution in [1.82, 2.24) is 20.1 Å². The summed E-state index contributed by atoms with van der Waals surface area (Å²) in [5.74, 6) is -0.541. The molecule has 0 bridgehead atoms. The number of carbonyl (C=O) groups is 1. The van der Waals surface area contributed by atoms with Crippen LogP contribution in [0.15, 0.2) is 85.3 Å². The third-order valence-electron chi connectivity index (χ3n) is 4.53. The van der Waals surface area contributed by atoms with Crippen molar-refractivity contribution in [1.29, 1.82) is 0 Å². The van der Waals surface area contributed by atoms with Crippen LogP contribution in [-0.2, 0) is 6.54 Å². The summed E-state index contributed by atoms with van der Waals surface area (Å²) in [6.45, 7) is 0.418. The zero-order chi connectivity index (χ0) is 22.6. The van der Waals surface area contributed by atoms with E-state index in [-0.39, 0.29) is 11.7 Å². The molecular formula is C23H17F3N4O2. The number of rotatable bonds is 6. The lowest BCUT2D eigenvalue weighted by Gasteiger charge is -2.09. The highest BCUT2D eigenvalue weighted by molar-refractivity contribution is 5.94. The standard InChI is InChI=1S/C23H17F3N4O2/c24-23(25,26)32-20-9-7-19(8-10-20)30-15-18(14-29-30)21-11-6-17(13-27-21)22(31)28-12-16-4-2-1-3-5-16/h1-11,13-15H,12H2,(H,28,31). The fourth-order valence-electron chi connectivity index (χ4n) is 2.98. The Bertz CT molecular complexity index is 1190. The van der Waals surface area contributed by atoms with Crippen LogP contribution in [0.2, 0.25) is 0 Å². The van der Waals surface area contributed by atoms with E-state index in [4.69, 9.17) is 0 Å². The molecule has 9 heteroatoms. The zero-order valence-electron chi connectivity index (χ0n) is 16.6. The first-order valence-electron chi connectivity index (χ1n) is 9.57. The van der Waals surface area contributed by atoms with Gasteiger partial charge in [-0.25, -0.2) is 4.68 Å². The van der Waals surface area contributed by atoms with Gasteiger partial charge in [0.15, 0.2) is 0 Å². The van der Waals surface area contributed by atoms with Crippen LogP contribution < -0.4 is 10.1 Å². The van der Waals surface area contributed by atoms with Crippen molar-refractivity contribution in [3.8, 4) is 22.7 Å². The minimum absolute atomic E-state index is 0.232. The van der Waals surface area contributed by atoms with Crippen molar-refractivity contribution < 1.29 is 22.7 Å². The van der Waals surface area contributed by atoms with Crippen LogP contribution in [0.4, 0.5) is 13.2 Å². The van der Waals surface area contributed by atoms with E-state index in [1.807, 2.05) is 30.3 Å². The molecule has 2 heterocycles. The molecule has 4 aromatic rings. The van der Waals surface area contributed by atoms with E-state index in [1.54, 1.807) is 24.5 Å². The molecule has 2 aromatic carbocycles. The molecule has 0 aliphatic rings. The summed E-state index contributed by atoms with van der Waals surface area (Å²) in [5.41, 5.74) is 3.28. The van der Waals surface area contributed by atoms with E-state index >= 15 is 0 Å². The number of nitrogens with one attached hydrogen (secondary N) is 1. The maximum absolute atomic E-state index is 12.3. The largest absolute Gasteiger partial charge is 0.573 e. The first-order valence-corrected chi connectivity index (χ1v) is 9.57. The Labute approximate surface area is 181 Å². The molecule has 32 heavy (non-hydrogen) atoms. The van der Waals surface area contributed by atoms with Crippen molar-refractivity contribution in [3.63, 3.8) is 0 Å². The fourth-order valence-corrected chi connectivity index (χ4v) is 2.98. The number of alkyl halides is 3. The van der Waals surface area contributed by atoms with E-state index in [0.29, 0.717) is 29.1 Å². The summed E-state index contributed by atoms with van der Waals surface area (Å²) in [5, 5.41) is 7.06. The first kappa shape index (κ1) is 21.1. The lowest BCUT2D eigenvalue weighted by Crippen LogP contribution is -2.22. The summed E-state index contributed by atoms with van der Waals surface area (Å²) >= 11 is 0. The molecule has 0 spiro atoms. The minimum atomic E-state index is -4.74. The third-order valence-corrected chi connectivity index (χ3v) is 4.53. The lowest BCUT2D eigenvalue weighted by atomic mass is 10.2. The molecule has 0 radical (unpaired) electrons. The number of ether oxygens (including phenoxy) is 1. The second-order valence-corrected chi connectivity index (χ2v) is 6.82. The highest BCUT2D eigenvalue weighted by Gasteiger charge is 2.31. The van der Waals surface area contributed by atoms with Crippen molar-refractivity contribution in [2.45, 2.75) is 12.9 Å². The molecule has 0 fully saturated rings. The highest BCUT2D eigenvalue weighted by Crippen LogP contribution is 2.24. The number of amides is 1. The molecule has 0 unspecified atom stereocenters. The fraction of sp³-hybridized carbons (Fsp3) is 0.0870. The van der Waals surface area contributed by atoms with Gasteiger partial charge in [-0.3, -0.25) is 9.78 Å². The predicted octanol–water partition coefficient (Wildman–Crippen LogP) is 4.76. The Morgan fingerprint density at radius 3 is 2.38 bits per heavy atom. The maximum atomic E-state index is 12.3. The highest BCUT2D eigenvalue weighted by atomic mass is 19.4. The number of halogens is 3. The van der Waals surface area contributed by atoms with Gasteiger partial charge in [0.05, 0.1) is 23.1 Å². The average molecular weight is 438 g/mol. The van der Waals surface area contributed by atoms with Gasteiger partial charge < -0.3 is 10.1 Å². The van der Waals surface area contributed by atoms with Gasteiger partial charge in [0.2, 0.25) is 0 Å². The second kappa shape index (κ2) is 8.93. The van der Waals surface area contributed by atoms with E-state index in [1.165, 1.54) is 35.1 Å². The van der Waals surface area contributed by atoms with Crippen LogP contribution in [0, 0.1) is 0 Å². The van der Waals surface area contributed by atoms with Gasteiger partial charge in [-0.15, -0.1) is 13.2 Å². The van der Waals surface area contributed by atoms with E-state index < -0.39 is 6.36 Å².